The van der Waals surface area contributed by atoms with Gasteiger partial charge in [0.15, 0.2) is 0 Å². The molecule has 6 heteroatoms. The second kappa shape index (κ2) is 4.52. The van der Waals surface area contributed by atoms with Crippen LogP contribution >= 0.6 is 0 Å². The van der Waals surface area contributed by atoms with E-state index in [1.165, 1.54) is 6.20 Å². The fraction of sp³-hybridized carbons (Fsp3) is 0.200. The van der Waals surface area contributed by atoms with Crippen LogP contribution in [0.3, 0.4) is 0 Å². The van der Waals surface area contributed by atoms with Crippen molar-refractivity contribution in [1.82, 2.24) is 25.3 Å². The van der Waals surface area contributed by atoms with Crippen molar-refractivity contribution < 1.29 is 4.79 Å². The quantitative estimate of drug-likeness (QED) is 0.781. The summed E-state index contributed by atoms with van der Waals surface area (Å²) in [4.78, 5) is 26.4. The lowest BCUT2D eigenvalue weighted by Crippen LogP contribution is -2.24. The van der Waals surface area contributed by atoms with Crippen molar-refractivity contribution in [3.05, 3.63) is 42.0 Å². The lowest BCUT2D eigenvalue weighted by Gasteiger charge is -2.02. The number of nitrogens with zero attached hydrogens (tertiary/aromatic N) is 3. The van der Waals surface area contributed by atoms with Crippen LogP contribution in [0.4, 0.5) is 0 Å². The molecule has 0 radical (unpaired) electrons. The van der Waals surface area contributed by atoms with E-state index in [1.54, 1.807) is 18.6 Å². The molecule has 0 aliphatic carbocycles. The van der Waals surface area contributed by atoms with Gasteiger partial charge in [-0.25, -0.2) is 9.97 Å². The zero-order valence-corrected chi connectivity index (χ0v) is 8.77. The Hall–Kier alpha value is -2.24. The van der Waals surface area contributed by atoms with Crippen LogP contribution in [0.1, 0.15) is 22.0 Å². The van der Waals surface area contributed by atoms with Crippen molar-refractivity contribution in [2.24, 2.45) is 0 Å². The number of imidazole rings is 1. The van der Waals surface area contributed by atoms with Gasteiger partial charge in [0.2, 0.25) is 0 Å². The van der Waals surface area contributed by atoms with E-state index in [0.29, 0.717) is 18.1 Å². The zero-order chi connectivity index (χ0) is 11.4. The smallest absolute Gasteiger partial charge is 0.271 e. The second-order valence-corrected chi connectivity index (χ2v) is 3.26. The van der Waals surface area contributed by atoms with E-state index in [-0.39, 0.29) is 5.91 Å². The van der Waals surface area contributed by atoms with Gasteiger partial charge in [0, 0.05) is 18.6 Å². The third-order valence-corrected chi connectivity index (χ3v) is 1.98. The topological polar surface area (TPSA) is 83.6 Å². The molecule has 1 amide bonds. The van der Waals surface area contributed by atoms with E-state index >= 15 is 0 Å². The van der Waals surface area contributed by atoms with Gasteiger partial charge in [0.25, 0.3) is 5.91 Å². The Morgan fingerprint density at radius 3 is 2.88 bits per heavy atom. The molecule has 2 heterocycles. The number of amides is 1. The predicted molar refractivity (Wildman–Crippen MR) is 56.5 cm³/mol. The summed E-state index contributed by atoms with van der Waals surface area (Å²) < 4.78 is 0. The molecule has 0 aromatic carbocycles. The van der Waals surface area contributed by atoms with Crippen LogP contribution in [0, 0.1) is 6.92 Å². The zero-order valence-electron chi connectivity index (χ0n) is 8.77. The van der Waals surface area contributed by atoms with Crippen LogP contribution in [0.15, 0.2) is 24.8 Å². The van der Waals surface area contributed by atoms with Crippen LogP contribution in [0.2, 0.25) is 0 Å². The molecule has 16 heavy (non-hydrogen) atoms. The first-order chi connectivity index (χ1) is 7.75. The Bertz CT molecular complexity index is 462. The van der Waals surface area contributed by atoms with E-state index in [1.807, 2.05) is 6.92 Å². The minimum Gasteiger partial charge on any atom is -0.347 e. The van der Waals surface area contributed by atoms with Crippen LogP contribution in [0.25, 0.3) is 0 Å². The molecule has 0 aliphatic heterocycles. The number of carbonyl (C=O) groups excluding carboxylic acids is 1. The highest BCUT2D eigenvalue weighted by Crippen LogP contribution is 1.95. The fourth-order valence-corrected chi connectivity index (χ4v) is 1.16. The maximum atomic E-state index is 11.6. The summed E-state index contributed by atoms with van der Waals surface area (Å²) in [6.07, 6.45) is 6.34. The molecule has 0 atom stereocenters. The number of aromatic amines is 1. The molecule has 0 saturated heterocycles. The average Bonchev–Trinajstić information content (AvgIpc) is 2.80. The maximum absolute atomic E-state index is 11.6. The molecular formula is C10H11N5O. The summed E-state index contributed by atoms with van der Waals surface area (Å²) in [5, 5.41) is 2.69. The molecule has 2 aromatic rings. The minimum atomic E-state index is -0.260. The van der Waals surface area contributed by atoms with Crippen LogP contribution in [-0.4, -0.2) is 25.8 Å². The van der Waals surface area contributed by atoms with E-state index in [9.17, 15) is 4.79 Å². The van der Waals surface area contributed by atoms with Crippen LogP contribution in [-0.2, 0) is 6.54 Å². The van der Waals surface area contributed by atoms with Crippen molar-refractivity contribution in [3.63, 3.8) is 0 Å². The third-order valence-electron chi connectivity index (χ3n) is 1.98. The van der Waals surface area contributed by atoms with E-state index < -0.39 is 0 Å². The number of carbonyl (C=O) groups is 1. The van der Waals surface area contributed by atoms with Gasteiger partial charge in [0.1, 0.15) is 11.5 Å². The fourth-order valence-electron chi connectivity index (χ4n) is 1.16. The Kier molecular flexibility index (Phi) is 2.90. The number of rotatable bonds is 3. The van der Waals surface area contributed by atoms with E-state index in [4.69, 9.17) is 0 Å². The summed E-state index contributed by atoms with van der Waals surface area (Å²) in [6, 6.07) is 0. The molecular weight excluding hydrogens is 206 g/mol. The van der Waals surface area contributed by atoms with Gasteiger partial charge in [-0.15, -0.1) is 0 Å². The SMILES string of the molecule is Cc1cnc(C(=O)NCc2ncc[nH]2)cn1. The van der Waals surface area contributed by atoms with Crippen molar-refractivity contribution in [1.29, 1.82) is 0 Å². The molecule has 82 valence electrons. The highest BCUT2D eigenvalue weighted by Gasteiger charge is 2.07. The van der Waals surface area contributed by atoms with Crippen molar-refractivity contribution in [2.45, 2.75) is 13.5 Å². The van der Waals surface area contributed by atoms with Gasteiger partial charge in [-0.3, -0.25) is 9.78 Å². The third kappa shape index (κ3) is 2.41. The molecule has 2 N–H and O–H groups in total. The maximum Gasteiger partial charge on any atom is 0.271 e. The first-order valence-electron chi connectivity index (χ1n) is 4.81. The molecule has 0 spiro atoms. The molecule has 2 aromatic heterocycles. The Balaban J connectivity index is 1.95. The van der Waals surface area contributed by atoms with Crippen LogP contribution < -0.4 is 5.32 Å². The van der Waals surface area contributed by atoms with E-state index in [0.717, 1.165) is 5.69 Å². The molecule has 6 nitrogen and oxygen atoms in total. The number of H-pyrrole nitrogens is 1. The van der Waals surface area contributed by atoms with Crippen LogP contribution in [0.5, 0.6) is 0 Å². The molecule has 0 bridgehead atoms. The molecule has 0 fully saturated rings. The highest BCUT2D eigenvalue weighted by atomic mass is 16.1. The number of hydrogen-bond acceptors (Lipinski definition) is 4. The van der Waals surface area contributed by atoms with Crippen molar-refractivity contribution in [3.8, 4) is 0 Å². The highest BCUT2D eigenvalue weighted by molar-refractivity contribution is 5.91. The van der Waals surface area contributed by atoms with Gasteiger partial charge >= 0.3 is 0 Å². The van der Waals surface area contributed by atoms with Gasteiger partial charge < -0.3 is 10.3 Å². The van der Waals surface area contributed by atoms with Gasteiger partial charge in [-0.05, 0) is 6.92 Å². The Morgan fingerprint density at radius 1 is 1.38 bits per heavy atom. The summed E-state index contributed by atoms with van der Waals surface area (Å²) in [6.45, 7) is 2.17. The number of aromatic nitrogens is 4. The summed E-state index contributed by atoms with van der Waals surface area (Å²) in [5.41, 5.74) is 1.08. The Morgan fingerprint density at radius 2 is 2.25 bits per heavy atom. The first kappa shape index (κ1) is 10.3. The summed E-state index contributed by atoms with van der Waals surface area (Å²) >= 11 is 0. The van der Waals surface area contributed by atoms with Gasteiger partial charge in [-0.2, -0.15) is 0 Å². The molecule has 0 saturated carbocycles. The number of nitrogens with one attached hydrogen (secondary N) is 2. The average molecular weight is 217 g/mol. The summed E-state index contributed by atoms with van der Waals surface area (Å²) in [5.74, 6) is 0.442. The standard InChI is InChI=1S/C10H11N5O/c1-7-4-14-8(5-13-7)10(16)15-6-9-11-2-3-12-9/h2-5H,6H2,1H3,(H,11,12)(H,15,16). The van der Waals surface area contributed by atoms with Gasteiger partial charge in [0.05, 0.1) is 18.4 Å². The van der Waals surface area contributed by atoms with Crippen molar-refractivity contribution >= 4 is 5.91 Å². The second-order valence-electron chi connectivity index (χ2n) is 3.26. The number of aryl methyl sites for hydroxylation is 1. The molecule has 0 aliphatic rings. The number of hydrogen-bond donors (Lipinski definition) is 2. The molecule has 0 unspecified atom stereocenters. The summed E-state index contributed by atoms with van der Waals surface area (Å²) in [7, 11) is 0. The normalized spacial score (nSPS) is 10.1. The van der Waals surface area contributed by atoms with E-state index in [2.05, 4.69) is 25.3 Å². The minimum absolute atomic E-state index is 0.260. The largest absolute Gasteiger partial charge is 0.347 e. The lowest BCUT2D eigenvalue weighted by molar-refractivity contribution is 0.0944. The predicted octanol–water partition coefficient (Wildman–Crippen LogP) is 0.438. The molecule has 2 rings (SSSR count). The van der Waals surface area contributed by atoms with Gasteiger partial charge in [-0.1, -0.05) is 0 Å². The Labute approximate surface area is 92.2 Å². The monoisotopic (exact) mass is 217 g/mol. The van der Waals surface area contributed by atoms with Crippen molar-refractivity contribution in [2.75, 3.05) is 0 Å². The first-order valence-corrected chi connectivity index (χ1v) is 4.81. The lowest BCUT2D eigenvalue weighted by atomic mass is 10.4.